The van der Waals surface area contributed by atoms with E-state index in [4.69, 9.17) is 5.41 Å². The van der Waals surface area contributed by atoms with E-state index in [9.17, 15) is 0 Å². The van der Waals surface area contributed by atoms with Crippen LogP contribution >= 0.6 is 0 Å². The van der Waals surface area contributed by atoms with Gasteiger partial charge in [-0.2, -0.15) is 0 Å². The van der Waals surface area contributed by atoms with Gasteiger partial charge >= 0.3 is 0 Å². The van der Waals surface area contributed by atoms with E-state index in [2.05, 4.69) is 73.9 Å². The van der Waals surface area contributed by atoms with Crippen molar-refractivity contribution in [3.63, 3.8) is 0 Å². The van der Waals surface area contributed by atoms with Crippen molar-refractivity contribution in [2.75, 3.05) is 23.0 Å². The largest absolute Gasteiger partial charge is 0.346 e. The van der Waals surface area contributed by atoms with Crippen LogP contribution in [0.15, 0.2) is 36.4 Å². The topological polar surface area (TPSA) is 30.3 Å². The molecule has 0 unspecified atom stereocenters. The van der Waals surface area contributed by atoms with E-state index >= 15 is 0 Å². The predicted molar refractivity (Wildman–Crippen MR) is 100 cm³/mol. The molecule has 1 heterocycles. The first-order valence-corrected chi connectivity index (χ1v) is 7.71. The molecule has 1 radical (unpaired) electrons. The van der Waals surface area contributed by atoms with Crippen LogP contribution in [-0.2, 0) is 0 Å². The van der Waals surface area contributed by atoms with Crippen molar-refractivity contribution in [1.82, 2.24) is 0 Å². The second-order valence-electron chi connectivity index (χ2n) is 6.19. The van der Waals surface area contributed by atoms with Gasteiger partial charge in [0.2, 0.25) is 0 Å². The van der Waals surface area contributed by atoms with Gasteiger partial charge in [-0.3, -0.25) is 5.41 Å². The van der Waals surface area contributed by atoms with E-state index in [0.717, 1.165) is 6.67 Å². The molecule has 115 valence electrons. The number of rotatable bonds is 2. The molecule has 0 amide bonds. The van der Waals surface area contributed by atoms with Crippen molar-refractivity contribution in [2.45, 2.75) is 27.7 Å². The van der Waals surface area contributed by atoms with Crippen LogP contribution in [0.3, 0.4) is 0 Å². The Balaban J connectivity index is 0.00000192. The molecule has 4 heteroatoms. The summed E-state index contributed by atoms with van der Waals surface area (Å²) in [6.45, 7) is 9.95. The Morgan fingerprint density at radius 3 is 1.70 bits per heavy atom. The number of amidine groups is 1. The van der Waals surface area contributed by atoms with Crippen LogP contribution < -0.4 is 9.80 Å². The zero-order valence-corrected chi connectivity index (χ0v) is 14.8. The minimum atomic E-state index is 0. The first-order valence-electron chi connectivity index (χ1n) is 7.71. The fourth-order valence-corrected chi connectivity index (χ4v) is 3.46. The molecule has 23 heavy (non-hydrogen) atoms. The number of para-hydroxylation sites is 2. The van der Waals surface area contributed by atoms with E-state index in [1.807, 2.05) is 0 Å². The number of hydrogen-bond acceptors (Lipinski definition) is 2. The third kappa shape index (κ3) is 3.17. The molecule has 1 fully saturated rings. The molecule has 1 saturated heterocycles. The average molecular weight is 300 g/mol. The second kappa shape index (κ2) is 6.82. The van der Waals surface area contributed by atoms with Crippen LogP contribution in [-0.4, -0.2) is 37.9 Å². The van der Waals surface area contributed by atoms with E-state index in [0.29, 0.717) is 12.4 Å². The number of aryl methyl sites for hydroxylation is 4. The Bertz CT molecular complexity index is 699. The van der Waals surface area contributed by atoms with Crippen molar-refractivity contribution >= 4 is 36.1 Å². The fourth-order valence-electron chi connectivity index (χ4n) is 3.46. The SMILES string of the molecule is Cc1cccc(C)c1N1CC(=N)N(c2c(C)cccc2C)C1.[Li]. The Labute approximate surface area is 151 Å². The molecule has 1 aliphatic rings. The normalized spacial score (nSPS) is 14.2. The number of nitrogens with zero attached hydrogens (tertiary/aromatic N) is 2. The molecule has 0 atom stereocenters. The molecular formula is C19H23LiN3. The summed E-state index contributed by atoms with van der Waals surface area (Å²) in [6.07, 6.45) is 0. The van der Waals surface area contributed by atoms with Gasteiger partial charge in [0.15, 0.2) is 0 Å². The maximum Gasteiger partial charge on any atom is 0.122 e. The summed E-state index contributed by atoms with van der Waals surface area (Å²) in [6, 6.07) is 12.7. The number of hydrogen-bond donors (Lipinski definition) is 1. The standard InChI is InChI=1S/C19H23N3.Li/c1-13-7-5-8-14(2)18(13)21-11-17(20)22(12-21)19-15(3)9-6-10-16(19)4;/h5-10,20H,11-12H2,1-4H3;. The van der Waals surface area contributed by atoms with E-state index in [1.54, 1.807) is 0 Å². The molecule has 0 aliphatic carbocycles. The molecule has 2 aromatic rings. The number of nitrogens with one attached hydrogen (secondary N) is 1. The molecule has 1 aliphatic heterocycles. The molecule has 0 saturated carbocycles. The summed E-state index contributed by atoms with van der Waals surface area (Å²) in [5.41, 5.74) is 7.45. The predicted octanol–water partition coefficient (Wildman–Crippen LogP) is 3.80. The van der Waals surface area contributed by atoms with Gasteiger partial charge in [0.1, 0.15) is 5.84 Å². The van der Waals surface area contributed by atoms with Crippen LogP contribution in [0.1, 0.15) is 22.3 Å². The van der Waals surface area contributed by atoms with Crippen LogP contribution in [0.4, 0.5) is 11.4 Å². The average Bonchev–Trinajstić information content (AvgIpc) is 2.80. The van der Waals surface area contributed by atoms with Gasteiger partial charge in [-0.15, -0.1) is 0 Å². The van der Waals surface area contributed by atoms with Crippen LogP contribution in [0.5, 0.6) is 0 Å². The Hall–Kier alpha value is -1.69. The van der Waals surface area contributed by atoms with Gasteiger partial charge in [0.05, 0.1) is 13.2 Å². The Morgan fingerprint density at radius 1 is 0.783 bits per heavy atom. The molecule has 0 bridgehead atoms. The molecule has 0 aromatic heterocycles. The fraction of sp³-hybridized carbons (Fsp3) is 0.316. The Morgan fingerprint density at radius 2 is 1.22 bits per heavy atom. The minimum absolute atomic E-state index is 0. The van der Waals surface area contributed by atoms with Crippen molar-refractivity contribution in [3.8, 4) is 0 Å². The first-order chi connectivity index (χ1) is 10.5. The minimum Gasteiger partial charge on any atom is -0.346 e. The third-order valence-electron chi connectivity index (χ3n) is 4.44. The van der Waals surface area contributed by atoms with E-state index in [-0.39, 0.29) is 18.9 Å². The number of benzene rings is 2. The summed E-state index contributed by atoms with van der Waals surface area (Å²) in [7, 11) is 0. The molecule has 3 rings (SSSR count). The monoisotopic (exact) mass is 300 g/mol. The molecule has 2 aromatic carbocycles. The van der Waals surface area contributed by atoms with Crippen LogP contribution in [0, 0.1) is 33.1 Å². The first kappa shape index (κ1) is 17.7. The van der Waals surface area contributed by atoms with E-state index in [1.165, 1.54) is 33.6 Å². The van der Waals surface area contributed by atoms with Gasteiger partial charge in [0, 0.05) is 30.2 Å². The van der Waals surface area contributed by atoms with Crippen LogP contribution in [0.2, 0.25) is 0 Å². The smallest absolute Gasteiger partial charge is 0.122 e. The quantitative estimate of drug-likeness (QED) is 0.855. The summed E-state index contributed by atoms with van der Waals surface area (Å²) in [5.74, 6) is 0.667. The summed E-state index contributed by atoms with van der Waals surface area (Å²) < 4.78 is 0. The maximum absolute atomic E-state index is 8.44. The van der Waals surface area contributed by atoms with Gasteiger partial charge in [0.25, 0.3) is 0 Å². The zero-order chi connectivity index (χ0) is 15.9. The van der Waals surface area contributed by atoms with Gasteiger partial charge in [-0.1, -0.05) is 36.4 Å². The van der Waals surface area contributed by atoms with Crippen molar-refractivity contribution in [3.05, 3.63) is 58.7 Å². The van der Waals surface area contributed by atoms with Crippen molar-refractivity contribution in [1.29, 1.82) is 5.41 Å². The number of anilines is 2. The molecule has 1 N–H and O–H groups in total. The molecule has 0 spiro atoms. The van der Waals surface area contributed by atoms with Gasteiger partial charge in [-0.05, 0) is 49.9 Å². The summed E-state index contributed by atoms with van der Waals surface area (Å²) in [5, 5.41) is 8.44. The van der Waals surface area contributed by atoms with Crippen molar-refractivity contribution < 1.29 is 0 Å². The van der Waals surface area contributed by atoms with Crippen LogP contribution in [0.25, 0.3) is 0 Å². The summed E-state index contributed by atoms with van der Waals surface area (Å²) in [4.78, 5) is 4.44. The van der Waals surface area contributed by atoms with E-state index < -0.39 is 0 Å². The van der Waals surface area contributed by atoms with Gasteiger partial charge in [-0.25, -0.2) is 0 Å². The maximum atomic E-state index is 8.44. The second-order valence-corrected chi connectivity index (χ2v) is 6.19. The third-order valence-corrected chi connectivity index (χ3v) is 4.44. The zero-order valence-electron chi connectivity index (χ0n) is 14.8. The Kier molecular flexibility index (Phi) is 5.24. The molecular weight excluding hydrogens is 277 g/mol. The van der Waals surface area contributed by atoms with Crippen molar-refractivity contribution in [2.24, 2.45) is 0 Å². The molecule has 3 nitrogen and oxygen atoms in total. The van der Waals surface area contributed by atoms with Gasteiger partial charge < -0.3 is 9.80 Å². The summed E-state index contributed by atoms with van der Waals surface area (Å²) >= 11 is 0.